The molecular formula is C20H24Cl2N2O4S. The summed E-state index contributed by atoms with van der Waals surface area (Å²) in [6, 6.07) is 11.0. The molecule has 0 heterocycles. The quantitative estimate of drug-likeness (QED) is 0.621. The topological polar surface area (TPSA) is 75.7 Å². The van der Waals surface area contributed by atoms with Crippen LogP contribution in [-0.4, -0.2) is 44.9 Å². The van der Waals surface area contributed by atoms with Crippen LogP contribution < -0.4 is 5.32 Å². The van der Waals surface area contributed by atoms with Crippen molar-refractivity contribution in [1.29, 1.82) is 0 Å². The van der Waals surface area contributed by atoms with Crippen LogP contribution in [0.15, 0.2) is 47.4 Å². The van der Waals surface area contributed by atoms with Gasteiger partial charge in [-0.05, 0) is 43.7 Å². The van der Waals surface area contributed by atoms with Crippen LogP contribution in [0.25, 0.3) is 0 Å². The van der Waals surface area contributed by atoms with E-state index in [0.717, 1.165) is 9.87 Å². The Morgan fingerprint density at radius 1 is 1.17 bits per heavy atom. The number of carbonyl (C=O) groups excluding carboxylic acids is 1. The van der Waals surface area contributed by atoms with Crippen molar-refractivity contribution in [1.82, 2.24) is 9.62 Å². The van der Waals surface area contributed by atoms with Crippen molar-refractivity contribution in [3.05, 3.63) is 63.6 Å². The van der Waals surface area contributed by atoms with Crippen molar-refractivity contribution >= 4 is 39.1 Å². The first-order valence-corrected chi connectivity index (χ1v) is 11.1. The lowest BCUT2D eigenvalue weighted by atomic mass is 10.2. The average Bonchev–Trinajstić information content (AvgIpc) is 2.63. The van der Waals surface area contributed by atoms with E-state index in [1.54, 1.807) is 31.2 Å². The van der Waals surface area contributed by atoms with Crippen molar-refractivity contribution in [3.8, 4) is 0 Å². The third kappa shape index (κ3) is 6.69. The van der Waals surface area contributed by atoms with E-state index in [4.69, 9.17) is 27.9 Å². The molecule has 0 aromatic heterocycles. The van der Waals surface area contributed by atoms with E-state index in [0.29, 0.717) is 22.2 Å². The number of ether oxygens (including phenoxy) is 1. The molecule has 0 radical (unpaired) electrons. The van der Waals surface area contributed by atoms with Crippen LogP contribution in [0.2, 0.25) is 10.0 Å². The van der Waals surface area contributed by atoms with E-state index >= 15 is 0 Å². The summed E-state index contributed by atoms with van der Waals surface area (Å²) in [5.74, 6) is -0.435. The molecule has 0 fully saturated rings. The molecule has 29 heavy (non-hydrogen) atoms. The van der Waals surface area contributed by atoms with E-state index in [2.05, 4.69) is 5.32 Å². The van der Waals surface area contributed by atoms with Crippen molar-refractivity contribution in [2.45, 2.75) is 31.3 Å². The highest BCUT2D eigenvalue weighted by Crippen LogP contribution is 2.25. The predicted octanol–water partition coefficient (Wildman–Crippen LogP) is 3.64. The predicted molar refractivity (Wildman–Crippen MR) is 115 cm³/mol. The normalized spacial score (nSPS) is 12.8. The molecule has 0 aliphatic heterocycles. The molecule has 2 aromatic carbocycles. The number of hydrogen-bond acceptors (Lipinski definition) is 4. The molecule has 0 unspecified atom stereocenters. The lowest BCUT2D eigenvalue weighted by Gasteiger charge is -2.23. The van der Waals surface area contributed by atoms with Gasteiger partial charge in [0.05, 0.1) is 18.0 Å². The van der Waals surface area contributed by atoms with Gasteiger partial charge in [0.2, 0.25) is 15.9 Å². The number of nitrogens with zero attached hydrogens (tertiary/aromatic N) is 1. The Hall–Kier alpha value is -1.64. The van der Waals surface area contributed by atoms with Crippen LogP contribution >= 0.6 is 23.2 Å². The van der Waals surface area contributed by atoms with Gasteiger partial charge >= 0.3 is 0 Å². The Labute approximate surface area is 181 Å². The molecule has 1 amide bonds. The number of rotatable bonds is 9. The van der Waals surface area contributed by atoms with Gasteiger partial charge < -0.3 is 10.1 Å². The molecular weight excluding hydrogens is 435 g/mol. The third-order valence-electron chi connectivity index (χ3n) is 4.16. The fourth-order valence-electron chi connectivity index (χ4n) is 2.70. The third-order valence-corrected chi connectivity index (χ3v) is 6.56. The number of sulfonamides is 1. The highest BCUT2D eigenvalue weighted by molar-refractivity contribution is 7.89. The Morgan fingerprint density at radius 3 is 2.41 bits per heavy atom. The first kappa shape index (κ1) is 23.6. The Bertz CT molecular complexity index is 949. The van der Waals surface area contributed by atoms with Crippen LogP contribution in [0.5, 0.6) is 0 Å². The second kappa shape index (κ2) is 10.4. The summed E-state index contributed by atoms with van der Waals surface area (Å²) < 4.78 is 32.6. The maximum atomic E-state index is 13.2. The van der Waals surface area contributed by atoms with Crippen molar-refractivity contribution < 1.29 is 17.9 Å². The molecule has 0 saturated carbocycles. The second-order valence-corrected chi connectivity index (χ2v) is 9.53. The Morgan fingerprint density at radius 2 is 1.83 bits per heavy atom. The lowest BCUT2D eigenvalue weighted by Crippen LogP contribution is -2.44. The zero-order valence-corrected chi connectivity index (χ0v) is 18.8. The molecule has 0 bridgehead atoms. The van der Waals surface area contributed by atoms with Gasteiger partial charge in [-0.2, -0.15) is 4.31 Å². The Balaban J connectivity index is 2.33. The Kier molecular flexibility index (Phi) is 8.48. The molecule has 1 atom stereocenters. The number of carbonyl (C=O) groups is 1. The van der Waals surface area contributed by atoms with Crippen LogP contribution in [-0.2, 0) is 26.1 Å². The molecule has 6 nitrogen and oxygen atoms in total. The van der Waals surface area contributed by atoms with Crippen molar-refractivity contribution in [2.24, 2.45) is 0 Å². The zero-order valence-electron chi connectivity index (χ0n) is 16.5. The molecule has 9 heteroatoms. The standard InChI is InChI=1S/C20H24Cl2N2O4S/c1-14-4-8-18(9-5-14)29(26,27)24(12-20(25)23-15(2)13-28-3)11-16-6-7-17(21)10-19(16)22/h4-10,15H,11-13H2,1-3H3,(H,23,25)/t15-/m1/s1. The minimum atomic E-state index is -3.94. The van der Waals surface area contributed by atoms with Gasteiger partial charge in [0.25, 0.3) is 0 Å². The van der Waals surface area contributed by atoms with Gasteiger partial charge in [-0.3, -0.25) is 4.79 Å². The van der Waals surface area contributed by atoms with Crippen LogP contribution in [0.1, 0.15) is 18.1 Å². The number of benzene rings is 2. The summed E-state index contributed by atoms with van der Waals surface area (Å²) in [5, 5.41) is 3.50. The number of aryl methyl sites for hydroxylation is 1. The maximum Gasteiger partial charge on any atom is 0.243 e. The summed E-state index contributed by atoms with van der Waals surface area (Å²) in [7, 11) is -2.41. The molecule has 2 aromatic rings. The van der Waals surface area contributed by atoms with Crippen molar-refractivity contribution in [3.63, 3.8) is 0 Å². The highest BCUT2D eigenvalue weighted by Gasteiger charge is 2.28. The van der Waals surface area contributed by atoms with Crippen LogP contribution in [0.3, 0.4) is 0 Å². The van der Waals surface area contributed by atoms with Crippen molar-refractivity contribution in [2.75, 3.05) is 20.3 Å². The van der Waals surface area contributed by atoms with Gasteiger partial charge in [0.1, 0.15) is 0 Å². The SMILES string of the molecule is COC[C@@H](C)NC(=O)CN(Cc1ccc(Cl)cc1Cl)S(=O)(=O)c1ccc(C)cc1. The first-order chi connectivity index (χ1) is 13.6. The fourth-order valence-corrected chi connectivity index (χ4v) is 4.54. The average molecular weight is 459 g/mol. The number of methoxy groups -OCH3 is 1. The van der Waals surface area contributed by atoms with Gasteiger partial charge in [0, 0.05) is 29.7 Å². The number of nitrogens with one attached hydrogen (secondary N) is 1. The molecule has 158 valence electrons. The van der Waals surface area contributed by atoms with E-state index in [-0.39, 0.29) is 24.0 Å². The minimum absolute atomic E-state index is 0.0711. The van der Waals surface area contributed by atoms with Gasteiger partial charge in [0.15, 0.2) is 0 Å². The molecule has 1 N–H and O–H groups in total. The number of halogens is 2. The first-order valence-electron chi connectivity index (χ1n) is 8.92. The molecule has 0 aliphatic carbocycles. The lowest BCUT2D eigenvalue weighted by molar-refractivity contribution is -0.122. The second-order valence-electron chi connectivity index (χ2n) is 6.75. The highest BCUT2D eigenvalue weighted by atomic mass is 35.5. The fraction of sp³-hybridized carbons (Fsp3) is 0.350. The summed E-state index contributed by atoms with van der Waals surface area (Å²) >= 11 is 12.2. The van der Waals surface area contributed by atoms with Gasteiger partial charge in [-0.15, -0.1) is 0 Å². The molecule has 0 spiro atoms. The summed E-state index contributed by atoms with van der Waals surface area (Å²) in [6.07, 6.45) is 0. The van der Waals surface area contributed by atoms with Crippen LogP contribution in [0.4, 0.5) is 0 Å². The van der Waals surface area contributed by atoms with Crippen LogP contribution in [0, 0.1) is 6.92 Å². The van der Waals surface area contributed by atoms with Gasteiger partial charge in [-0.25, -0.2) is 8.42 Å². The zero-order chi connectivity index (χ0) is 21.6. The smallest absolute Gasteiger partial charge is 0.243 e. The number of hydrogen-bond donors (Lipinski definition) is 1. The molecule has 0 aliphatic rings. The monoisotopic (exact) mass is 458 g/mol. The summed E-state index contributed by atoms with van der Waals surface area (Å²) in [6.45, 7) is 3.53. The summed E-state index contributed by atoms with van der Waals surface area (Å²) in [5.41, 5.74) is 1.48. The van der Waals surface area contributed by atoms with E-state index < -0.39 is 15.9 Å². The van der Waals surface area contributed by atoms with E-state index in [9.17, 15) is 13.2 Å². The molecule has 0 saturated heterocycles. The largest absolute Gasteiger partial charge is 0.383 e. The van der Waals surface area contributed by atoms with E-state index in [1.807, 2.05) is 6.92 Å². The van der Waals surface area contributed by atoms with Gasteiger partial charge in [-0.1, -0.05) is 47.0 Å². The maximum absolute atomic E-state index is 13.2. The number of amides is 1. The summed E-state index contributed by atoms with van der Waals surface area (Å²) in [4.78, 5) is 12.6. The molecule has 2 rings (SSSR count). The van der Waals surface area contributed by atoms with E-state index in [1.165, 1.54) is 25.3 Å². The minimum Gasteiger partial charge on any atom is -0.383 e.